The number of hydrogen-bond donors (Lipinski definition) is 2. The van der Waals surface area contributed by atoms with Gasteiger partial charge in [-0.1, -0.05) is 28.1 Å². The van der Waals surface area contributed by atoms with Crippen molar-refractivity contribution >= 4 is 22.0 Å². The van der Waals surface area contributed by atoms with Crippen LogP contribution in [-0.4, -0.2) is 22.8 Å². The number of carbonyl (C=O) groups is 1. The monoisotopic (exact) mass is 329 g/mol. The van der Waals surface area contributed by atoms with E-state index in [9.17, 15) is 9.90 Å². The SMILES string of the molecule is C[C@@H](NC(=O)OC(C)(C)C)[C@@H](O)c1ccc(Br)cc1. The molecule has 1 amide bonds. The van der Waals surface area contributed by atoms with Gasteiger partial charge in [0.25, 0.3) is 0 Å². The van der Waals surface area contributed by atoms with E-state index in [4.69, 9.17) is 4.74 Å². The van der Waals surface area contributed by atoms with Gasteiger partial charge in [0.2, 0.25) is 0 Å². The van der Waals surface area contributed by atoms with E-state index in [0.717, 1.165) is 10.0 Å². The minimum absolute atomic E-state index is 0.434. The first-order chi connectivity index (χ1) is 8.69. The highest BCUT2D eigenvalue weighted by molar-refractivity contribution is 9.10. The summed E-state index contributed by atoms with van der Waals surface area (Å²) in [7, 11) is 0. The highest BCUT2D eigenvalue weighted by atomic mass is 79.9. The lowest BCUT2D eigenvalue weighted by atomic mass is 10.0. The molecule has 2 N–H and O–H groups in total. The number of carbonyl (C=O) groups excluding carboxylic acids is 1. The summed E-state index contributed by atoms with van der Waals surface area (Å²) >= 11 is 3.33. The Kier molecular flexibility index (Phi) is 5.38. The topological polar surface area (TPSA) is 58.6 Å². The van der Waals surface area contributed by atoms with Crippen LogP contribution in [0.15, 0.2) is 28.7 Å². The van der Waals surface area contributed by atoms with Crippen LogP contribution in [0, 0.1) is 0 Å². The number of alkyl carbamates (subject to hydrolysis) is 1. The third kappa shape index (κ3) is 5.61. The fraction of sp³-hybridized carbons (Fsp3) is 0.500. The Labute approximate surface area is 122 Å². The number of nitrogens with one attached hydrogen (secondary N) is 1. The third-order valence-corrected chi connectivity index (χ3v) is 2.96. The second kappa shape index (κ2) is 6.39. The molecule has 106 valence electrons. The van der Waals surface area contributed by atoms with Gasteiger partial charge in [0.05, 0.1) is 12.1 Å². The second-order valence-electron chi connectivity index (χ2n) is 5.43. The molecule has 2 atom stereocenters. The van der Waals surface area contributed by atoms with Gasteiger partial charge >= 0.3 is 6.09 Å². The zero-order valence-corrected chi connectivity index (χ0v) is 13.2. The molecule has 1 rings (SSSR count). The Hall–Kier alpha value is -1.07. The van der Waals surface area contributed by atoms with Crippen molar-refractivity contribution in [3.8, 4) is 0 Å². The molecule has 4 nitrogen and oxygen atoms in total. The van der Waals surface area contributed by atoms with Crippen LogP contribution in [0.1, 0.15) is 39.4 Å². The Morgan fingerprint density at radius 2 is 1.84 bits per heavy atom. The molecule has 0 radical (unpaired) electrons. The summed E-state index contributed by atoms with van der Waals surface area (Å²) in [5.74, 6) is 0. The number of amides is 1. The normalized spacial score (nSPS) is 14.6. The van der Waals surface area contributed by atoms with Gasteiger partial charge in [-0.3, -0.25) is 0 Å². The summed E-state index contributed by atoms with van der Waals surface area (Å²) in [6.07, 6.45) is -1.31. The quantitative estimate of drug-likeness (QED) is 0.893. The molecule has 1 aromatic rings. The van der Waals surface area contributed by atoms with Crippen LogP contribution >= 0.6 is 15.9 Å². The van der Waals surface area contributed by atoms with E-state index in [1.54, 1.807) is 27.7 Å². The van der Waals surface area contributed by atoms with E-state index in [0.29, 0.717) is 0 Å². The van der Waals surface area contributed by atoms with E-state index >= 15 is 0 Å². The van der Waals surface area contributed by atoms with Crippen molar-refractivity contribution in [3.63, 3.8) is 0 Å². The first-order valence-electron chi connectivity index (χ1n) is 6.12. The van der Waals surface area contributed by atoms with Crippen molar-refractivity contribution in [3.05, 3.63) is 34.3 Å². The maximum atomic E-state index is 11.6. The number of halogens is 1. The van der Waals surface area contributed by atoms with Crippen molar-refractivity contribution in [1.29, 1.82) is 0 Å². The predicted molar refractivity (Wildman–Crippen MR) is 77.9 cm³/mol. The average Bonchev–Trinajstić information content (AvgIpc) is 2.26. The molecule has 0 aliphatic rings. The molecule has 0 aromatic heterocycles. The molecule has 0 saturated carbocycles. The standard InChI is InChI=1S/C14H20BrNO3/c1-9(16-13(18)19-14(2,3)4)12(17)10-5-7-11(15)8-6-10/h5-9,12,17H,1-4H3,(H,16,18)/t9-,12-/m1/s1. The average molecular weight is 330 g/mol. The molecule has 0 fully saturated rings. The molecule has 0 aliphatic heterocycles. The number of benzene rings is 1. The molecule has 19 heavy (non-hydrogen) atoms. The van der Waals surface area contributed by atoms with Gasteiger partial charge in [-0.15, -0.1) is 0 Å². The van der Waals surface area contributed by atoms with E-state index in [-0.39, 0.29) is 0 Å². The predicted octanol–water partition coefficient (Wildman–Crippen LogP) is 3.40. The molecule has 0 bridgehead atoms. The largest absolute Gasteiger partial charge is 0.444 e. The van der Waals surface area contributed by atoms with Gasteiger partial charge in [-0.25, -0.2) is 4.79 Å². The Morgan fingerprint density at radius 1 is 1.32 bits per heavy atom. The molecule has 5 heteroatoms. The van der Waals surface area contributed by atoms with Gasteiger partial charge in [-0.05, 0) is 45.4 Å². The smallest absolute Gasteiger partial charge is 0.407 e. The van der Waals surface area contributed by atoms with Crippen LogP contribution in [0.5, 0.6) is 0 Å². The summed E-state index contributed by atoms with van der Waals surface area (Å²) < 4.78 is 6.09. The van der Waals surface area contributed by atoms with Crippen LogP contribution < -0.4 is 5.32 Å². The maximum absolute atomic E-state index is 11.6. The fourth-order valence-electron chi connectivity index (χ4n) is 1.52. The summed E-state index contributed by atoms with van der Waals surface area (Å²) in [4.78, 5) is 11.6. The molecule has 0 heterocycles. The summed E-state index contributed by atoms with van der Waals surface area (Å²) in [6.45, 7) is 7.11. The van der Waals surface area contributed by atoms with Crippen molar-refractivity contribution in [2.45, 2.75) is 45.4 Å². The van der Waals surface area contributed by atoms with Gasteiger partial charge in [0.15, 0.2) is 0 Å². The van der Waals surface area contributed by atoms with E-state index in [2.05, 4.69) is 21.2 Å². The van der Waals surface area contributed by atoms with Gasteiger partial charge in [0, 0.05) is 4.47 Å². The molecule has 1 aromatic carbocycles. The van der Waals surface area contributed by atoms with Crippen LogP contribution in [0.3, 0.4) is 0 Å². The summed E-state index contributed by atoms with van der Waals surface area (Å²) in [5, 5.41) is 12.8. The molecule has 0 spiro atoms. The Bertz CT molecular complexity index is 425. The minimum Gasteiger partial charge on any atom is -0.444 e. The minimum atomic E-state index is -0.777. The summed E-state index contributed by atoms with van der Waals surface area (Å²) in [6, 6.07) is 6.87. The van der Waals surface area contributed by atoms with Crippen molar-refractivity contribution in [1.82, 2.24) is 5.32 Å². The first kappa shape index (κ1) is 16.0. The van der Waals surface area contributed by atoms with E-state index in [1.165, 1.54) is 0 Å². The first-order valence-corrected chi connectivity index (χ1v) is 6.91. The van der Waals surface area contributed by atoms with E-state index < -0.39 is 23.8 Å². The lowest BCUT2D eigenvalue weighted by molar-refractivity contribution is 0.0436. The Balaban J connectivity index is 2.60. The number of aliphatic hydroxyl groups is 1. The van der Waals surface area contributed by atoms with Crippen LogP contribution in [0.25, 0.3) is 0 Å². The second-order valence-corrected chi connectivity index (χ2v) is 6.35. The highest BCUT2D eigenvalue weighted by Gasteiger charge is 2.22. The van der Waals surface area contributed by atoms with Gasteiger partial charge in [0.1, 0.15) is 5.60 Å². The Morgan fingerprint density at radius 3 is 2.32 bits per heavy atom. The third-order valence-electron chi connectivity index (χ3n) is 2.43. The van der Waals surface area contributed by atoms with Crippen LogP contribution in [0.2, 0.25) is 0 Å². The van der Waals surface area contributed by atoms with Crippen molar-refractivity contribution in [2.75, 3.05) is 0 Å². The highest BCUT2D eigenvalue weighted by Crippen LogP contribution is 2.19. The van der Waals surface area contributed by atoms with Crippen LogP contribution in [0.4, 0.5) is 4.79 Å². The summed E-state index contributed by atoms with van der Waals surface area (Å²) in [5.41, 5.74) is 0.193. The van der Waals surface area contributed by atoms with Crippen molar-refractivity contribution in [2.24, 2.45) is 0 Å². The number of aliphatic hydroxyl groups excluding tert-OH is 1. The van der Waals surface area contributed by atoms with Crippen molar-refractivity contribution < 1.29 is 14.6 Å². The lowest BCUT2D eigenvalue weighted by Gasteiger charge is -2.24. The van der Waals surface area contributed by atoms with Gasteiger partial charge in [-0.2, -0.15) is 0 Å². The number of rotatable bonds is 3. The molecular weight excluding hydrogens is 310 g/mol. The molecular formula is C14H20BrNO3. The molecule has 0 aliphatic carbocycles. The maximum Gasteiger partial charge on any atom is 0.407 e. The van der Waals surface area contributed by atoms with E-state index in [1.807, 2.05) is 24.3 Å². The number of ether oxygens (including phenoxy) is 1. The van der Waals surface area contributed by atoms with Crippen LogP contribution in [-0.2, 0) is 4.74 Å². The fourth-order valence-corrected chi connectivity index (χ4v) is 1.79. The molecule has 0 saturated heterocycles. The zero-order valence-electron chi connectivity index (χ0n) is 11.6. The zero-order chi connectivity index (χ0) is 14.6. The lowest BCUT2D eigenvalue weighted by Crippen LogP contribution is -2.40. The number of hydrogen-bond acceptors (Lipinski definition) is 3. The molecule has 0 unspecified atom stereocenters. The van der Waals surface area contributed by atoms with Gasteiger partial charge < -0.3 is 15.2 Å².